The maximum absolute atomic E-state index is 13.3. The van der Waals surface area contributed by atoms with Crippen molar-refractivity contribution in [2.75, 3.05) is 6.54 Å². The van der Waals surface area contributed by atoms with Crippen LogP contribution in [0.1, 0.15) is 31.2 Å². The molecular formula is C21H22Cl2N2O3. The minimum absolute atomic E-state index is 0.193. The summed E-state index contributed by atoms with van der Waals surface area (Å²) in [6.07, 6.45) is 8.98. The lowest BCUT2D eigenvalue weighted by molar-refractivity contribution is -0.139. The summed E-state index contributed by atoms with van der Waals surface area (Å²) >= 11 is 12.4. The van der Waals surface area contributed by atoms with Crippen LogP contribution in [0.4, 0.5) is 0 Å². The molecular weight excluding hydrogens is 399 g/mol. The van der Waals surface area contributed by atoms with E-state index in [4.69, 9.17) is 28.4 Å². The third kappa shape index (κ3) is 3.47. The topological polar surface area (TPSA) is 69.6 Å². The van der Waals surface area contributed by atoms with Crippen LogP contribution in [0.2, 0.25) is 10.0 Å². The number of halogens is 2. The van der Waals surface area contributed by atoms with Gasteiger partial charge in [0.2, 0.25) is 5.91 Å². The highest BCUT2D eigenvalue weighted by atomic mass is 35.5. The number of likely N-dealkylation sites (tertiary alicyclic amines) is 1. The van der Waals surface area contributed by atoms with Crippen LogP contribution in [0, 0.1) is 17.3 Å². The molecule has 2 amide bonds. The first-order chi connectivity index (χ1) is 13.4. The van der Waals surface area contributed by atoms with Gasteiger partial charge in [-0.3, -0.25) is 14.8 Å². The molecule has 148 valence electrons. The van der Waals surface area contributed by atoms with Crippen LogP contribution >= 0.6 is 23.2 Å². The molecule has 0 aromatic heterocycles. The molecule has 3 aliphatic rings. The Balaban J connectivity index is 1.47. The highest BCUT2D eigenvalue weighted by molar-refractivity contribution is 6.33. The fourth-order valence-electron chi connectivity index (χ4n) is 4.84. The molecule has 4 rings (SSSR count). The van der Waals surface area contributed by atoms with Gasteiger partial charge in [0.05, 0.1) is 5.41 Å². The number of hydrogen-bond acceptors (Lipinski definition) is 3. The van der Waals surface area contributed by atoms with E-state index in [1.54, 1.807) is 23.7 Å². The first kappa shape index (κ1) is 19.5. The average Bonchev–Trinajstić information content (AvgIpc) is 2.99. The number of hydrogen-bond donors (Lipinski definition) is 2. The lowest BCUT2D eigenvalue weighted by Crippen LogP contribution is -2.40. The molecule has 0 radical (unpaired) electrons. The van der Waals surface area contributed by atoms with Gasteiger partial charge in [-0.1, -0.05) is 41.4 Å². The summed E-state index contributed by atoms with van der Waals surface area (Å²) in [6.45, 7) is 1.20. The number of carbonyl (C=O) groups is 2. The molecule has 7 heteroatoms. The van der Waals surface area contributed by atoms with Crippen LogP contribution in [0.5, 0.6) is 0 Å². The highest BCUT2D eigenvalue weighted by Crippen LogP contribution is 2.51. The monoisotopic (exact) mass is 420 g/mol. The maximum atomic E-state index is 13.3. The second-order valence-corrected chi connectivity index (χ2v) is 8.83. The predicted molar refractivity (Wildman–Crippen MR) is 107 cm³/mol. The summed E-state index contributed by atoms with van der Waals surface area (Å²) in [7, 11) is 0. The van der Waals surface area contributed by atoms with Crippen LogP contribution in [-0.4, -0.2) is 28.5 Å². The molecule has 1 spiro atoms. The molecule has 1 aromatic rings. The standard InChI is InChI=1S/C21H22Cl2N2O3/c22-17-3-4-18(23)16(10-17)12-25-8-7-21(20(25)27)6-5-13-9-14(19(26)24-28)1-2-15(13)11-21/h1-4,9-10,13,15,28H,5-8,11-12H2,(H,24,26)/t13?,15?,21-/m0/s1. The molecule has 2 unspecified atom stereocenters. The second-order valence-electron chi connectivity index (χ2n) is 7.99. The summed E-state index contributed by atoms with van der Waals surface area (Å²) in [4.78, 5) is 26.8. The quantitative estimate of drug-likeness (QED) is 0.570. The van der Waals surface area contributed by atoms with Gasteiger partial charge >= 0.3 is 0 Å². The fourth-order valence-corrected chi connectivity index (χ4v) is 5.22. The first-order valence-corrected chi connectivity index (χ1v) is 10.3. The summed E-state index contributed by atoms with van der Waals surface area (Å²) in [5.74, 6) is 0.171. The van der Waals surface area contributed by atoms with Crippen molar-refractivity contribution in [3.05, 3.63) is 57.6 Å². The number of carbonyl (C=O) groups excluding carboxylic acids is 2. The van der Waals surface area contributed by atoms with Gasteiger partial charge in [-0.15, -0.1) is 0 Å². The van der Waals surface area contributed by atoms with E-state index >= 15 is 0 Å². The summed E-state index contributed by atoms with van der Waals surface area (Å²) in [5, 5.41) is 10.1. The Morgan fingerprint density at radius 3 is 2.89 bits per heavy atom. The minimum atomic E-state index is -0.489. The Morgan fingerprint density at radius 1 is 1.29 bits per heavy atom. The molecule has 1 saturated heterocycles. The molecule has 0 bridgehead atoms. The van der Waals surface area contributed by atoms with E-state index in [0.29, 0.717) is 22.2 Å². The third-order valence-electron chi connectivity index (χ3n) is 6.38. The zero-order valence-corrected chi connectivity index (χ0v) is 16.8. The van der Waals surface area contributed by atoms with Crippen molar-refractivity contribution < 1.29 is 14.8 Å². The molecule has 2 aliphatic carbocycles. The van der Waals surface area contributed by atoms with E-state index in [9.17, 15) is 9.59 Å². The Bertz CT molecular complexity index is 882. The third-order valence-corrected chi connectivity index (χ3v) is 6.99. The number of amides is 2. The van der Waals surface area contributed by atoms with Crippen LogP contribution < -0.4 is 5.48 Å². The van der Waals surface area contributed by atoms with E-state index in [1.807, 2.05) is 23.1 Å². The minimum Gasteiger partial charge on any atom is -0.338 e. The highest BCUT2D eigenvalue weighted by Gasteiger charge is 2.50. The zero-order chi connectivity index (χ0) is 19.9. The zero-order valence-electron chi connectivity index (χ0n) is 15.3. The van der Waals surface area contributed by atoms with Gasteiger partial charge in [0.15, 0.2) is 0 Å². The molecule has 5 nitrogen and oxygen atoms in total. The number of rotatable bonds is 3. The van der Waals surface area contributed by atoms with Crippen molar-refractivity contribution in [3.63, 3.8) is 0 Å². The fraction of sp³-hybridized carbons (Fsp3) is 0.429. The van der Waals surface area contributed by atoms with E-state index in [2.05, 4.69) is 0 Å². The molecule has 1 saturated carbocycles. The largest absolute Gasteiger partial charge is 0.338 e. The lowest BCUT2D eigenvalue weighted by Gasteiger charge is -2.40. The molecule has 1 aliphatic heterocycles. The van der Waals surface area contributed by atoms with Gasteiger partial charge in [0, 0.05) is 28.7 Å². The molecule has 1 heterocycles. The van der Waals surface area contributed by atoms with Crippen LogP contribution in [0.15, 0.2) is 42.0 Å². The number of fused-ring (bicyclic) bond motifs is 1. The molecule has 2 fully saturated rings. The predicted octanol–water partition coefficient (Wildman–Crippen LogP) is 4.13. The van der Waals surface area contributed by atoms with Crippen molar-refractivity contribution in [2.45, 2.75) is 32.2 Å². The van der Waals surface area contributed by atoms with Crippen molar-refractivity contribution in [3.8, 4) is 0 Å². The number of hydroxylamine groups is 1. The first-order valence-electron chi connectivity index (χ1n) is 9.50. The van der Waals surface area contributed by atoms with Gasteiger partial charge < -0.3 is 4.90 Å². The van der Waals surface area contributed by atoms with E-state index in [-0.39, 0.29) is 23.2 Å². The van der Waals surface area contributed by atoms with Crippen molar-refractivity contribution in [1.29, 1.82) is 0 Å². The number of nitrogens with zero attached hydrogens (tertiary/aromatic N) is 1. The maximum Gasteiger partial charge on any atom is 0.274 e. The van der Waals surface area contributed by atoms with Gasteiger partial charge in [-0.2, -0.15) is 0 Å². The number of benzene rings is 1. The summed E-state index contributed by atoms with van der Waals surface area (Å²) < 4.78 is 0. The lowest BCUT2D eigenvalue weighted by atomic mass is 9.63. The van der Waals surface area contributed by atoms with E-state index in [1.165, 1.54) is 0 Å². The molecule has 1 aromatic carbocycles. The average molecular weight is 421 g/mol. The molecule has 28 heavy (non-hydrogen) atoms. The Labute approximate surface area is 173 Å². The second kappa shape index (κ2) is 7.54. The van der Waals surface area contributed by atoms with Crippen molar-refractivity contribution >= 4 is 35.0 Å². The number of nitrogens with one attached hydrogen (secondary N) is 1. The van der Waals surface area contributed by atoms with Gasteiger partial charge in [-0.25, -0.2) is 5.48 Å². The van der Waals surface area contributed by atoms with Crippen LogP contribution in [-0.2, 0) is 16.1 Å². The van der Waals surface area contributed by atoms with Gasteiger partial charge in [0.1, 0.15) is 0 Å². The summed E-state index contributed by atoms with van der Waals surface area (Å²) in [6, 6.07) is 5.33. The van der Waals surface area contributed by atoms with Gasteiger partial charge in [0.25, 0.3) is 5.91 Å². The van der Waals surface area contributed by atoms with E-state index in [0.717, 1.165) is 37.8 Å². The van der Waals surface area contributed by atoms with Crippen LogP contribution in [0.25, 0.3) is 0 Å². The van der Waals surface area contributed by atoms with Crippen molar-refractivity contribution in [1.82, 2.24) is 10.4 Å². The molecule has 2 N–H and O–H groups in total. The van der Waals surface area contributed by atoms with Crippen molar-refractivity contribution in [2.24, 2.45) is 17.3 Å². The Kier molecular flexibility index (Phi) is 5.25. The van der Waals surface area contributed by atoms with Crippen LogP contribution in [0.3, 0.4) is 0 Å². The summed E-state index contributed by atoms with van der Waals surface area (Å²) in [5.41, 5.74) is 2.70. The smallest absolute Gasteiger partial charge is 0.274 e. The Morgan fingerprint density at radius 2 is 2.11 bits per heavy atom. The van der Waals surface area contributed by atoms with Gasteiger partial charge in [-0.05, 0) is 61.3 Å². The Hall–Kier alpha value is -1.82. The molecule has 3 atom stereocenters. The normalized spacial score (nSPS) is 29.0. The van der Waals surface area contributed by atoms with E-state index < -0.39 is 5.91 Å². The SMILES string of the molecule is O=C(NO)C1=CC2CC[C@]3(CCN(Cc4cc(Cl)ccc4Cl)C3=O)CC2C=C1. The number of allylic oxidation sites excluding steroid dienone is 2.